The highest BCUT2D eigenvalue weighted by Crippen LogP contribution is 3.02. The Morgan fingerprint density at radius 1 is 0.897 bits per heavy atom. The fourth-order valence-electron chi connectivity index (χ4n) is 3.01. The number of carbonyl (C=O) groups excluding carboxylic acids is 1. The summed E-state index contributed by atoms with van der Waals surface area (Å²) in [5.74, 6) is -7.18. The molecule has 2 aromatic rings. The predicted octanol–water partition coefficient (Wildman–Crippen LogP) is 6.74. The Hall–Kier alpha value is -2.30. The smallest absolute Gasteiger partial charge is 0.310 e. The number of benzene rings is 2. The first-order valence-corrected chi connectivity index (χ1v) is 10.1. The molecule has 29 heavy (non-hydrogen) atoms. The molecule has 0 N–H and O–H groups in total. The van der Waals surface area contributed by atoms with Crippen LogP contribution >= 0.6 is 10.2 Å². The number of rotatable bonds is 5. The average Bonchev–Trinajstić information content (AvgIpc) is 2.52. The lowest BCUT2D eigenvalue weighted by Crippen LogP contribution is -2.31. The second-order valence-electron chi connectivity index (χ2n) is 6.82. The Morgan fingerprint density at radius 2 is 1.34 bits per heavy atom. The molecule has 0 bridgehead atoms. The van der Waals surface area contributed by atoms with Crippen LogP contribution in [0, 0.1) is 17.5 Å². The average molecular weight is 447 g/mol. The molecule has 162 valence electrons. The molecule has 0 aliphatic heterocycles. The summed E-state index contributed by atoms with van der Waals surface area (Å²) in [5.41, 5.74) is -0.812. The standard InChI is InChI=1S/C18H17F8NOS/c1-10(17-14(20)8-12(19)9-15(17)21)16(18(28)27(2)3)11-4-6-13(7-5-11)29(22,23,24,25)26/h4-10,16H,1-3H3/t10-,16-/m1/s1. The zero-order valence-corrected chi connectivity index (χ0v) is 16.2. The van der Waals surface area contributed by atoms with Gasteiger partial charge < -0.3 is 4.90 Å². The van der Waals surface area contributed by atoms with Gasteiger partial charge in [-0.25, -0.2) is 13.2 Å². The third kappa shape index (κ3) is 5.01. The number of halogens is 8. The summed E-state index contributed by atoms with van der Waals surface area (Å²) in [6.45, 7) is 1.23. The minimum absolute atomic E-state index is 0.122. The lowest BCUT2D eigenvalue weighted by Gasteiger charge is -2.40. The van der Waals surface area contributed by atoms with Crippen LogP contribution in [0.2, 0.25) is 0 Å². The zero-order chi connectivity index (χ0) is 22.4. The maximum atomic E-state index is 14.2. The van der Waals surface area contributed by atoms with Crippen molar-refractivity contribution in [3.05, 3.63) is 65.0 Å². The molecule has 2 aromatic carbocycles. The van der Waals surface area contributed by atoms with E-state index in [1.807, 2.05) is 0 Å². The summed E-state index contributed by atoms with van der Waals surface area (Å²) in [4.78, 5) is 11.5. The van der Waals surface area contributed by atoms with Gasteiger partial charge in [0.1, 0.15) is 22.3 Å². The maximum absolute atomic E-state index is 14.2. The van der Waals surface area contributed by atoms with Crippen molar-refractivity contribution in [3.8, 4) is 0 Å². The summed E-state index contributed by atoms with van der Waals surface area (Å²) in [5, 5.41) is 0. The first kappa shape index (κ1) is 23.0. The van der Waals surface area contributed by atoms with Crippen LogP contribution in [0.4, 0.5) is 32.6 Å². The third-order valence-electron chi connectivity index (χ3n) is 4.39. The van der Waals surface area contributed by atoms with Crippen LogP contribution in [0.3, 0.4) is 0 Å². The van der Waals surface area contributed by atoms with Crippen LogP contribution < -0.4 is 0 Å². The first-order valence-electron chi connectivity index (χ1n) is 8.12. The Balaban J connectivity index is 2.60. The molecule has 0 aromatic heterocycles. The van der Waals surface area contributed by atoms with Gasteiger partial charge in [0.2, 0.25) is 5.91 Å². The van der Waals surface area contributed by atoms with Crippen molar-refractivity contribution in [2.75, 3.05) is 14.1 Å². The molecule has 0 unspecified atom stereocenters. The Morgan fingerprint density at radius 3 is 1.72 bits per heavy atom. The molecule has 0 aliphatic carbocycles. The molecule has 2 atom stereocenters. The molecule has 0 spiro atoms. The van der Waals surface area contributed by atoms with Crippen LogP contribution in [0.5, 0.6) is 0 Å². The number of hydrogen-bond acceptors (Lipinski definition) is 1. The van der Waals surface area contributed by atoms with Gasteiger partial charge in [-0.05, 0) is 17.7 Å². The van der Waals surface area contributed by atoms with E-state index >= 15 is 0 Å². The molecule has 0 saturated carbocycles. The number of amides is 1. The second-order valence-corrected chi connectivity index (χ2v) is 9.23. The van der Waals surface area contributed by atoms with Gasteiger partial charge in [-0.1, -0.05) is 38.5 Å². The van der Waals surface area contributed by atoms with Crippen LogP contribution in [0.25, 0.3) is 0 Å². The van der Waals surface area contributed by atoms with E-state index in [1.54, 1.807) is 0 Å². The van der Waals surface area contributed by atoms with Gasteiger partial charge in [-0.3, -0.25) is 4.79 Å². The van der Waals surface area contributed by atoms with E-state index in [0.29, 0.717) is 24.3 Å². The van der Waals surface area contributed by atoms with Crippen molar-refractivity contribution >= 4 is 16.1 Å². The van der Waals surface area contributed by atoms with E-state index in [4.69, 9.17) is 0 Å². The fourth-order valence-corrected chi connectivity index (χ4v) is 3.66. The van der Waals surface area contributed by atoms with E-state index in [2.05, 4.69) is 0 Å². The fraction of sp³-hybridized carbons (Fsp3) is 0.278. The third-order valence-corrected chi connectivity index (χ3v) is 5.55. The van der Waals surface area contributed by atoms with Crippen LogP contribution in [0.15, 0.2) is 41.3 Å². The number of nitrogens with zero attached hydrogens (tertiary/aromatic N) is 1. The minimum Gasteiger partial charge on any atom is -0.348 e. The molecule has 2 nitrogen and oxygen atoms in total. The summed E-state index contributed by atoms with van der Waals surface area (Å²) < 4.78 is 106. The molecule has 0 heterocycles. The monoisotopic (exact) mass is 447 g/mol. The summed E-state index contributed by atoms with van der Waals surface area (Å²) in [6.07, 6.45) is 0. The summed E-state index contributed by atoms with van der Waals surface area (Å²) in [7, 11) is -7.31. The normalized spacial score (nSPS) is 16.5. The Bertz CT molecular complexity index is 918. The van der Waals surface area contributed by atoms with E-state index < -0.39 is 55.9 Å². The lowest BCUT2D eigenvalue weighted by molar-refractivity contribution is -0.130. The van der Waals surface area contributed by atoms with Gasteiger partial charge in [0.25, 0.3) is 0 Å². The highest BCUT2D eigenvalue weighted by Gasteiger charge is 2.65. The van der Waals surface area contributed by atoms with E-state index in [1.165, 1.54) is 21.0 Å². The van der Waals surface area contributed by atoms with Gasteiger partial charge in [0, 0.05) is 37.7 Å². The van der Waals surface area contributed by atoms with Crippen LogP contribution in [-0.4, -0.2) is 24.9 Å². The molecular formula is C18H17F8NOS. The van der Waals surface area contributed by atoms with Gasteiger partial charge >= 0.3 is 10.2 Å². The number of likely N-dealkylation sites (N-methyl/N-ethyl adjacent to an activating group) is 1. The molecular weight excluding hydrogens is 430 g/mol. The van der Waals surface area contributed by atoms with E-state index in [0.717, 1.165) is 4.90 Å². The van der Waals surface area contributed by atoms with Crippen molar-refractivity contribution in [2.24, 2.45) is 0 Å². The lowest BCUT2D eigenvalue weighted by atomic mass is 9.81. The highest BCUT2D eigenvalue weighted by atomic mass is 32.5. The van der Waals surface area contributed by atoms with Crippen molar-refractivity contribution in [3.63, 3.8) is 0 Å². The topological polar surface area (TPSA) is 20.3 Å². The molecule has 1 amide bonds. The van der Waals surface area contributed by atoms with Gasteiger partial charge in [0.05, 0.1) is 5.92 Å². The van der Waals surface area contributed by atoms with E-state index in [-0.39, 0.29) is 17.7 Å². The summed E-state index contributed by atoms with van der Waals surface area (Å²) in [6, 6.07) is 2.38. The molecule has 0 radical (unpaired) electrons. The maximum Gasteiger partial charge on any atom is 0.310 e. The van der Waals surface area contributed by atoms with Crippen molar-refractivity contribution in [1.29, 1.82) is 0 Å². The molecule has 11 heteroatoms. The van der Waals surface area contributed by atoms with Gasteiger partial charge in [-0.15, -0.1) is 0 Å². The van der Waals surface area contributed by atoms with Crippen molar-refractivity contribution < 1.29 is 37.4 Å². The molecule has 0 fully saturated rings. The van der Waals surface area contributed by atoms with Gasteiger partial charge in [0.15, 0.2) is 0 Å². The van der Waals surface area contributed by atoms with Crippen molar-refractivity contribution in [2.45, 2.75) is 23.7 Å². The second kappa shape index (κ2) is 6.61. The van der Waals surface area contributed by atoms with Crippen LogP contribution in [0.1, 0.15) is 29.9 Å². The predicted molar refractivity (Wildman–Crippen MR) is 94.0 cm³/mol. The number of hydrogen-bond donors (Lipinski definition) is 0. The molecule has 2 rings (SSSR count). The largest absolute Gasteiger partial charge is 0.348 e. The highest BCUT2D eigenvalue weighted by molar-refractivity contribution is 8.45. The number of carbonyl (C=O) groups is 1. The Kier molecular flexibility index (Phi) is 5.24. The summed E-state index contributed by atoms with van der Waals surface area (Å²) >= 11 is 0. The minimum atomic E-state index is -9.93. The van der Waals surface area contributed by atoms with Crippen molar-refractivity contribution in [1.82, 2.24) is 4.90 Å². The zero-order valence-electron chi connectivity index (χ0n) is 15.4. The molecule has 0 saturated heterocycles. The van der Waals surface area contributed by atoms with Crippen LogP contribution in [-0.2, 0) is 4.79 Å². The Labute approximate surface area is 161 Å². The van der Waals surface area contributed by atoms with E-state index in [9.17, 15) is 37.4 Å². The molecule has 0 aliphatic rings. The quantitative estimate of drug-likeness (QED) is 0.465. The SMILES string of the molecule is C[C@@H](c1c(F)cc(F)cc1F)[C@@H](C(=O)N(C)C)c1ccc(S(F)(F)(F)(F)F)cc1. The van der Waals surface area contributed by atoms with Gasteiger partial charge in [-0.2, -0.15) is 0 Å². The first-order chi connectivity index (χ1) is 12.9.